The third kappa shape index (κ3) is 3.61. The van der Waals surface area contributed by atoms with Crippen LogP contribution in [0, 0.1) is 13.8 Å². The fourth-order valence-corrected chi connectivity index (χ4v) is 2.30. The van der Waals surface area contributed by atoms with Crippen molar-refractivity contribution >= 4 is 0 Å². The molecule has 0 bridgehead atoms. The predicted octanol–water partition coefficient (Wildman–Crippen LogP) is 2.70. The quantitative estimate of drug-likeness (QED) is 0.820. The molecular weight excluding hydrogens is 248 g/mol. The summed E-state index contributed by atoms with van der Waals surface area (Å²) in [6, 6.07) is 3.89. The van der Waals surface area contributed by atoms with E-state index in [-0.39, 0.29) is 0 Å². The highest BCUT2D eigenvalue weighted by Crippen LogP contribution is 2.19. The van der Waals surface area contributed by atoms with E-state index in [1.54, 1.807) is 12.4 Å². The van der Waals surface area contributed by atoms with Crippen molar-refractivity contribution in [3.63, 3.8) is 0 Å². The zero-order valence-corrected chi connectivity index (χ0v) is 12.5. The number of rotatable bonds is 6. The van der Waals surface area contributed by atoms with Crippen molar-refractivity contribution in [1.29, 1.82) is 0 Å². The normalized spacial score (nSPS) is 10.8. The van der Waals surface area contributed by atoms with Crippen LogP contribution in [-0.4, -0.2) is 28.0 Å². The third-order valence-corrected chi connectivity index (χ3v) is 3.39. The van der Waals surface area contributed by atoms with Gasteiger partial charge in [-0.3, -0.25) is 4.98 Å². The number of nitrogens with one attached hydrogen (secondary N) is 1. The van der Waals surface area contributed by atoms with Crippen LogP contribution >= 0.6 is 0 Å². The maximum Gasteiger partial charge on any atom is 0.159 e. The highest BCUT2D eigenvalue weighted by molar-refractivity contribution is 5.54. The van der Waals surface area contributed by atoms with Crippen LogP contribution in [-0.2, 0) is 6.42 Å². The molecule has 0 amide bonds. The van der Waals surface area contributed by atoms with E-state index in [1.165, 1.54) is 5.56 Å². The third-order valence-electron chi connectivity index (χ3n) is 3.39. The molecule has 0 saturated carbocycles. The van der Waals surface area contributed by atoms with Crippen molar-refractivity contribution in [1.82, 2.24) is 20.3 Å². The standard InChI is InChI=1S/C16H22N4/c1-4-17-9-5-6-15-12(2)19-16(20-13(15)3)14-7-10-18-11-8-14/h7-8,10-11,17H,4-6,9H2,1-3H3. The molecule has 0 aliphatic heterocycles. The van der Waals surface area contributed by atoms with Crippen molar-refractivity contribution in [2.24, 2.45) is 0 Å². The molecule has 0 saturated heterocycles. The van der Waals surface area contributed by atoms with Crippen LogP contribution in [0.5, 0.6) is 0 Å². The van der Waals surface area contributed by atoms with Gasteiger partial charge >= 0.3 is 0 Å². The van der Waals surface area contributed by atoms with Crippen LogP contribution in [0.4, 0.5) is 0 Å². The van der Waals surface area contributed by atoms with Gasteiger partial charge in [0.15, 0.2) is 5.82 Å². The molecule has 0 aromatic carbocycles. The van der Waals surface area contributed by atoms with Crippen molar-refractivity contribution in [2.45, 2.75) is 33.6 Å². The molecule has 106 valence electrons. The van der Waals surface area contributed by atoms with Gasteiger partial charge in [-0.05, 0) is 57.5 Å². The van der Waals surface area contributed by atoms with Gasteiger partial charge in [0, 0.05) is 29.3 Å². The van der Waals surface area contributed by atoms with E-state index in [0.717, 1.165) is 48.7 Å². The molecule has 0 aliphatic rings. The fourth-order valence-electron chi connectivity index (χ4n) is 2.30. The smallest absolute Gasteiger partial charge is 0.159 e. The highest BCUT2D eigenvalue weighted by atomic mass is 14.9. The summed E-state index contributed by atoms with van der Waals surface area (Å²) in [6.45, 7) is 8.34. The summed E-state index contributed by atoms with van der Waals surface area (Å²) in [4.78, 5) is 13.3. The monoisotopic (exact) mass is 270 g/mol. The molecule has 0 spiro atoms. The van der Waals surface area contributed by atoms with Crippen LogP contribution in [0.2, 0.25) is 0 Å². The minimum Gasteiger partial charge on any atom is -0.317 e. The maximum absolute atomic E-state index is 4.64. The Balaban J connectivity index is 2.17. The molecule has 2 aromatic heterocycles. The second-order valence-corrected chi connectivity index (χ2v) is 4.89. The van der Waals surface area contributed by atoms with Gasteiger partial charge in [-0.25, -0.2) is 9.97 Å². The van der Waals surface area contributed by atoms with Crippen LogP contribution in [0.3, 0.4) is 0 Å². The average molecular weight is 270 g/mol. The van der Waals surface area contributed by atoms with E-state index in [4.69, 9.17) is 0 Å². The summed E-state index contributed by atoms with van der Waals surface area (Å²) in [7, 11) is 0. The summed E-state index contributed by atoms with van der Waals surface area (Å²) < 4.78 is 0. The van der Waals surface area contributed by atoms with Gasteiger partial charge in [-0.2, -0.15) is 0 Å². The molecule has 4 nitrogen and oxygen atoms in total. The summed E-state index contributed by atoms with van der Waals surface area (Å²) in [5.41, 5.74) is 4.47. The molecule has 0 atom stereocenters. The summed E-state index contributed by atoms with van der Waals surface area (Å²) in [5.74, 6) is 0.790. The molecule has 0 radical (unpaired) electrons. The Labute approximate surface area is 120 Å². The van der Waals surface area contributed by atoms with Crippen LogP contribution < -0.4 is 5.32 Å². The van der Waals surface area contributed by atoms with Crippen LogP contribution in [0.1, 0.15) is 30.3 Å². The Morgan fingerprint density at radius 3 is 2.30 bits per heavy atom. The largest absolute Gasteiger partial charge is 0.317 e. The number of aromatic nitrogens is 3. The van der Waals surface area contributed by atoms with Crippen molar-refractivity contribution < 1.29 is 0 Å². The molecule has 1 N–H and O–H groups in total. The predicted molar refractivity (Wildman–Crippen MR) is 81.6 cm³/mol. The van der Waals surface area contributed by atoms with Gasteiger partial charge < -0.3 is 5.32 Å². The Morgan fingerprint density at radius 1 is 1.05 bits per heavy atom. The molecule has 2 rings (SSSR count). The van der Waals surface area contributed by atoms with Gasteiger partial charge in [0.25, 0.3) is 0 Å². The first-order chi connectivity index (χ1) is 9.72. The zero-order valence-electron chi connectivity index (χ0n) is 12.5. The Kier molecular flexibility index (Phi) is 5.18. The number of pyridine rings is 1. The van der Waals surface area contributed by atoms with Crippen LogP contribution in [0.25, 0.3) is 11.4 Å². The molecule has 2 aromatic rings. The Bertz CT molecular complexity index is 529. The minimum absolute atomic E-state index is 0.790. The van der Waals surface area contributed by atoms with Gasteiger partial charge in [-0.15, -0.1) is 0 Å². The number of aryl methyl sites for hydroxylation is 2. The van der Waals surface area contributed by atoms with Gasteiger partial charge in [0.1, 0.15) is 0 Å². The van der Waals surface area contributed by atoms with Gasteiger partial charge in [-0.1, -0.05) is 6.92 Å². The van der Waals surface area contributed by atoms with E-state index in [0.29, 0.717) is 0 Å². The average Bonchev–Trinajstić information content (AvgIpc) is 2.46. The lowest BCUT2D eigenvalue weighted by molar-refractivity contribution is 0.667. The van der Waals surface area contributed by atoms with Crippen molar-refractivity contribution in [3.8, 4) is 11.4 Å². The topological polar surface area (TPSA) is 50.7 Å². The summed E-state index contributed by atoms with van der Waals surface area (Å²) >= 11 is 0. The molecule has 2 heterocycles. The number of hydrogen-bond acceptors (Lipinski definition) is 4. The van der Waals surface area contributed by atoms with Gasteiger partial charge in [0.2, 0.25) is 0 Å². The van der Waals surface area contributed by atoms with Crippen molar-refractivity contribution in [3.05, 3.63) is 41.5 Å². The summed E-state index contributed by atoms with van der Waals surface area (Å²) in [6.07, 6.45) is 5.69. The first kappa shape index (κ1) is 14.6. The molecule has 4 heteroatoms. The fraction of sp³-hybridized carbons (Fsp3) is 0.438. The molecular formula is C16H22N4. The van der Waals surface area contributed by atoms with Crippen LogP contribution in [0.15, 0.2) is 24.5 Å². The van der Waals surface area contributed by atoms with Gasteiger partial charge in [0.05, 0.1) is 0 Å². The van der Waals surface area contributed by atoms with Crippen molar-refractivity contribution in [2.75, 3.05) is 13.1 Å². The highest BCUT2D eigenvalue weighted by Gasteiger charge is 2.09. The first-order valence-electron chi connectivity index (χ1n) is 7.17. The minimum atomic E-state index is 0.790. The first-order valence-corrected chi connectivity index (χ1v) is 7.17. The molecule has 20 heavy (non-hydrogen) atoms. The second-order valence-electron chi connectivity index (χ2n) is 4.89. The lowest BCUT2D eigenvalue weighted by Gasteiger charge is -2.11. The van der Waals surface area contributed by atoms with E-state index >= 15 is 0 Å². The molecule has 0 unspecified atom stereocenters. The van der Waals surface area contributed by atoms with E-state index in [9.17, 15) is 0 Å². The lowest BCUT2D eigenvalue weighted by atomic mass is 10.1. The second kappa shape index (κ2) is 7.10. The molecule has 0 fully saturated rings. The van der Waals surface area contributed by atoms with E-state index in [2.05, 4.69) is 41.0 Å². The number of nitrogens with zero attached hydrogens (tertiary/aromatic N) is 3. The number of hydrogen-bond donors (Lipinski definition) is 1. The Hall–Kier alpha value is -1.81. The Morgan fingerprint density at radius 2 is 1.70 bits per heavy atom. The molecule has 0 aliphatic carbocycles. The van der Waals surface area contributed by atoms with E-state index in [1.807, 2.05) is 12.1 Å². The maximum atomic E-state index is 4.64. The SMILES string of the molecule is CCNCCCc1c(C)nc(-c2ccncc2)nc1C. The zero-order chi connectivity index (χ0) is 14.4. The lowest BCUT2D eigenvalue weighted by Crippen LogP contribution is -2.15. The van der Waals surface area contributed by atoms with E-state index < -0.39 is 0 Å². The summed E-state index contributed by atoms with van der Waals surface area (Å²) in [5, 5.41) is 3.35.